The predicted molar refractivity (Wildman–Crippen MR) is 53.0 cm³/mol. The maximum atomic E-state index is 11.3. The van der Waals surface area contributed by atoms with Crippen molar-refractivity contribution in [2.45, 2.75) is 24.5 Å². The molecule has 1 amide bonds. The van der Waals surface area contributed by atoms with Gasteiger partial charge in [0, 0.05) is 19.1 Å². The number of carboxylic acids is 1. The van der Waals surface area contributed by atoms with Crippen LogP contribution in [-0.2, 0) is 9.59 Å². The van der Waals surface area contributed by atoms with Gasteiger partial charge in [0.2, 0.25) is 5.91 Å². The Morgan fingerprint density at radius 2 is 2.27 bits per heavy atom. The van der Waals surface area contributed by atoms with Crippen LogP contribution in [0, 0.1) is 0 Å². The van der Waals surface area contributed by atoms with Gasteiger partial charge in [0.1, 0.15) is 6.04 Å². The van der Waals surface area contributed by atoms with E-state index in [1.807, 2.05) is 0 Å². The van der Waals surface area contributed by atoms with Gasteiger partial charge < -0.3 is 27.2 Å². The van der Waals surface area contributed by atoms with E-state index in [0.29, 0.717) is 13.0 Å². The third-order valence-electron chi connectivity index (χ3n) is 2.37. The minimum absolute atomic E-state index is 0.0777. The Bertz CT molecular complexity index is 258. The number of aliphatic carboxylic acids is 1. The SMILES string of the molecule is NC[C@H](N)C(=O)NC1CNC(C(=O)O)C1. The van der Waals surface area contributed by atoms with Crippen LogP contribution in [0.2, 0.25) is 0 Å². The Morgan fingerprint density at radius 3 is 2.73 bits per heavy atom. The molecule has 0 aromatic heterocycles. The van der Waals surface area contributed by atoms with Crippen LogP contribution < -0.4 is 22.1 Å². The number of nitrogens with one attached hydrogen (secondary N) is 2. The van der Waals surface area contributed by atoms with Crippen molar-refractivity contribution in [3.8, 4) is 0 Å². The Balaban J connectivity index is 2.36. The van der Waals surface area contributed by atoms with E-state index in [4.69, 9.17) is 16.6 Å². The van der Waals surface area contributed by atoms with Gasteiger partial charge in [-0.3, -0.25) is 9.59 Å². The van der Waals surface area contributed by atoms with Gasteiger partial charge >= 0.3 is 5.97 Å². The molecular formula is C8H16N4O3. The second kappa shape index (κ2) is 5.06. The van der Waals surface area contributed by atoms with Crippen LogP contribution in [0.5, 0.6) is 0 Å². The summed E-state index contributed by atoms with van der Waals surface area (Å²) in [5.74, 6) is -1.25. The van der Waals surface area contributed by atoms with Crippen LogP contribution in [0.4, 0.5) is 0 Å². The van der Waals surface area contributed by atoms with Crippen molar-refractivity contribution < 1.29 is 14.7 Å². The second-order valence-corrected chi connectivity index (χ2v) is 3.58. The van der Waals surface area contributed by atoms with Gasteiger partial charge in [0.25, 0.3) is 0 Å². The van der Waals surface area contributed by atoms with Gasteiger partial charge in [-0.05, 0) is 6.42 Å². The first-order chi connectivity index (χ1) is 7.04. The molecule has 15 heavy (non-hydrogen) atoms. The van der Waals surface area contributed by atoms with E-state index in [1.54, 1.807) is 0 Å². The average molecular weight is 216 g/mol. The molecule has 1 saturated heterocycles. The van der Waals surface area contributed by atoms with Gasteiger partial charge in [-0.25, -0.2) is 0 Å². The highest BCUT2D eigenvalue weighted by atomic mass is 16.4. The minimum Gasteiger partial charge on any atom is -0.480 e. The lowest BCUT2D eigenvalue weighted by Gasteiger charge is -2.14. The molecule has 1 rings (SSSR count). The fraction of sp³-hybridized carbons (Fsp3) is 0.750. The molecule has 1 heterocycles. The van der Waals surface area contributed by atoms with Crippen LogP contribution in [0.1, 0.15) is 6.42 Å². The normalized spacial score (nSPS) is 27.3. The number of rotatable bonds is 4. The number of amides is 1. The van der Waals surface area contributed by atoms with Crippen LogP contribution in [-0.4, -0.2) is 48.2 Å². The number of hydrogen-bond acceptors (Lipinski definition) is 5. The Morgan fingerprint density at radius 1 is 1.60 bits per heavy atom. The van der Waals surface area contributed by atoms with E-state index < -0.39 is 18.1 Å². The molecule has 1 aliphatic heterocycles. The first-order valence-electron chi connectivity index (χ1n) is 4.76. The molecule has 0 saturated carbocycles. The van der Waals surface area contributed by atoms with E-state index in [0.717, 1.165) is 0 Å². The van der Waals surface area contributed by atoms with E-state index in [-0.39, 0.29) is 18.5 Å². The third kappa shape index (κ3) is 3.15. The summed E-state index contributed by atoms with van der Waals surface area (Å²) in [7, 11) is 0. The third-order valence-corrected chi connectivity index (χ3v) is 2.37. The summed E-state index contributed by atoms with van der Waals surface area (Å²) in [6.45, 7) is 0.522. The second-order valence-electron chi connectivity index (χ2n) is 3.58. The molecule has 0 aliphatic carbocycles. The summed E-state index contributed by atoms with van der Waals surface area (Å²) >= 11 is 0. The molecule has 7 nitrogen and oxygen atoms in total. The van der Waals surface area contributed by atoms with Crippen molar-refractivity contribution in [3.05, 3.63) is 0 Å². The molecule has 0 bridgehead atoms. The molecule has 1 aliphatic rings. The van der Waals surface area contributed by atoms with E-state index in [2.05, 4.69) is 10.6 Å². The van der Waals surface area contributed by atoms with E-state index in [9.17, 15) is 9.59 Å². The van der Waals surface area contributed by atoms with Crippen molar-refractivity contribution in [3.63, 3.8) is 0 Å². The highest BCUT2D eigenvalue weighted by Gasteiger charge is 2.30. The fourth-order valence-corrected chi connectivity index (χ4v) is 1.45. The maximum absolute atomic E-state index is 11.3. The summed E-state index contributed by atoms with van der Waals surface area (Å²) < 4.78 is 0. The zero-order valence-corrected chi connectivity index (χ0v) is 8.27. The van der Waals surface area contributed by atoms with Crippen LogP contribution >= 0.6 is 0 Å². The highest BCUT2D eigenvalue weighted by molar-refractivity contribution is 5.82. The quantitative estimate of drug-likeness (QED) is 0.345. The number of carbonyl (C=O) groups excluding carboxylic acids is 1. The molecule has 1 fully saturated rings. The largest absolute Gasteiger partial charge is 0.480 e. The molecule has 0 radical (unpaired) electrons. The lowest BCUT2D eigenvalue weighted by Crippen LogP contribution is -2.49. The Labute approximate surface area is 87.2 Å². The van der Waals surface area contributed by atoms with E-state index >= 15 is 0 Å². The topological polar surface area (TPSA) is 130 Å². The molecule has 0 aromatic rings. The number of nitrogens with two attached hydrogens (primary N) is 2. The molecule has 2 unspecified atom stereocenters. The lowest BCUT2D eigenvalue weighted by molar-refractivity contribution is -0.139. The number of carboxylic acid groups (broad SMARTS) is 1. The number of carbonyl (C=O) groups is 2. The van der Waals surface area contributed by atoms with Crippen molar-refractivity contribution in [2.75, 3.05) is 13.1 Å². The molecular weight excluding hydrogens is 200 g/mol. The van der Waals surface area contributed by atoms with Crippen molar-refractivity contribution in [2.24, 2.45) is 11.5 Å². The summed E-state index contributed by atoms with van der Waals surface area (Å²) in [5.41, 5.74) is 10.6. The van der Waals surface area contributed by atoms with Gasteiger partial charge in [-0.1, -0.05) is 0 Å². The summed E-state index contributed by atoms with van der Waals surface area (Å²) in [4.78, 5) is 21.9. The van der Waals surface area contributed by atoms with Gasteiger partial charge in [-0.15, -0.1) is 0 Å². The lowest BCUT2D eigenvalue weighted by atomic mass is 10.1. The predicted octanol–water partition coefficient (Wildman–Crippen LogP) is -2.80. The zero-order valence-electron chi connectivity index (χ0n) is 8.27. The standard InChI is InChI=1S/C8H16N4O3/c9-2-5(10)7(13)12-4-1-6(8(14)15)11-3-4/h4-6,11H,1-3,9-10H2,(H,12,13)(H,14,15)/t4?,5-,6?/m0/s1. The summed E-state index contributed by atoms with van der Waals surface area (Å²) in [5, 5.41) is 14.1. The Kier molecular flexibility index (Phi) is 4.01. The smallest absolute Gasteiger partial charge is 0.320 e. The minimum atomic E-state index is -0.908. The zero-order chi connectivity index (χ0) is 11.4. The molecule has 7 N–H and O–H groups in total. The summed E-state index contributed by atoms with van der Waals surface area (Å²) in [6.07, 6.45) is 0.373. The van der Waals surface area contributed by atoms with E-state index in [1.165, 1.54) is 0 Å². The maximum Gasteiger partial charge on any atom is 0.320 e. The molecule has 3 atom stereocenters. The average Bonchev–Trinajstić information content (AvgIpc) is 2.65. The van der Waals surface area contributed by atoms with Gasteiger partial charge in [-0.2, -0.15) is 0 Å². The van der Waals surface area contributed by atoms with Crippen molar-refractivity contribution >= 4 is 11.9 Å². The highest BCUT2D eigenvalue weighted by Crippen LogP contribution is 2.06. The van der Waals surface area contributed by atoms with Crippen LogP contribution in [0.3, 0.4) is 0 Å². The van der Waals surface area contributed by atoms with Crippen molar-refractivity contribution in [1.82, 2.24) is 10.6 Å². The molecule has 86 valence electrons. The monoisotopic (exact) mass is 216 g/mol. The first kappa shape index (κ1) is 11.9. The van der Waals surface area contributed by atoms with Crippen LogP contribution in [0.15, 0.2) is 0 Å². The fourth-order valence-electron chi connectivity index (χ4n) is 1.45. The van der Waals surface area contributed by atoms with Crippen LogP contribution in [0.25, 0.3) is 0 Å². The van der Waals surface area contributed by atoms with Gasteiger partial charge in [0.05, 0.1) is 6.04 Å². The summed E-state index contributed by atoms with van der Waals surface area (Å²) in [6, 6.07) is -1.51. The first-order valence-corrected chi connectivity index (χ1v) is 4.76. The van der Waals surface area contributed by atoms with Crippen molar-refractivity contribution in [1.29, 1.82) is 0 Å². The number of hydrogen-bond donors (Lipinski definition) is 5. The Hall–Kier alpha value is -1.18. The molecule has 7 heteroatoms. The van der Waals surface area contributed by atoms with Gasteiger partial charge in [0.15, 0.2) is 0 Å². The molecule has 0 spiro atoms. The molecule has 0 aromatic carbocycles.